The number of fused-ring (bicyclic) bond motifs is 1. The Kier molecular flexibility index (Phi) is 6.01. The zero-order valence-electron chi connectivity index (χ0n) is 15.9. The van der Waals surface area contributed by atoms with Crippen LogP contribution in [-0.4, -0.2) is 42.2 Å². The second-order valence-electron chi connectivity index (χ2n) is 7.19. The SMILES string of the molecule is C[C@@H](OC(=O)c1cc2c(cc1[N+](=O)[O-])OCCO2)C(=O)N[C@H]1CCCC[C@@H]1C. The summed E-state index contributed by atoms with van der Waals surface area (Å²) in [5.41, 5.74) is -0.734. The minimum Gasteiger partial charge on any atom is -0.486 e. The van der Waals surface area contributed by atoms with Crippen LogP contribution >= 0.6 is 0 Å². The molecule has 0 radical (unpaired) electrons. The van der Waals surface area contributed by atoms with Gasteiger partial charge < -0.3 is 19.5 Å². The number of hydrogen-bond donors (Lipinski definition) is 1. The summed E-state index contributed by atoms with van der Waals surface area (Å²) in [5, 5.41) is 14.3. The Morgan fingerprint density at radius 3 is 2.50 bits per heavy atom. The van der Waals surface area contributed by atoms with Crippen molar-refractivity contribution in [2.75, 3.05) is 13.2 Å². The first-order chi connectivity index (χ1) is 13.4. The molecule has 152 valence electrons. The lowest BCUT2D eigenvalue weighted by atomic mass is 9.86. The van der Waals surface area contributed by atoms with Crippen LogP contribution in [0.5, 0.6) is 11.5 Å². The zero-order chi connectivity index (χ0) is 20.3. The van der Waals surface area contributed by atoms with Gasteiger partial charge in [-0.1, -0.05) is 19.8 Å². The Morgan fingerprint density at radius 2 is 1.86 bits per heavy atom. The molecule has 1 aliphatic heterocycles. The maximum absolute atomic E-state index is 12.5. The number of nitro benzene ring substituents is 1. The smallest absolute Gasteiger partial charge is 0.346 e. The zero-order valence-corrected chi connectivity index (χ0v) is 15.9. The van der Waals surface area contributed by atoms with Gasteiger partial charge in [0.25, 0.3) is 11.6 Å². The second kappa shape index (κ2) is 8.45. The van der Waals surface area contributed by atoms with Crippen molar-refractivity contribution in [1.29, 1.82) is 0 Å². The van der Waals surface area contributed by atoms with E-state index in [1.165, 1.54) is 13.0 Å². The second-order valence-corrected chi connectivity index (χ2v) is 7.19. The largest absolute Gasteiger partial charge is 0.486 e. The Balaban J connectivity index is 1.71. The summed E-state index contributed by atoms with van der Waals surface area (Å²) in [6.45, 7) is 4.08. The number of hydrogen-bond acceptors (Lipinski definition) is 7. The van der Waals surface area contributed by atoms with E-state index in [1.807, 2.05) is 0 Å². The molecule has 1 heterocycles. The molecule has 1 saturated carbocycles. The maximum Gasteiger partial charge on any atom is 0.346 e. The Bertz CT molecular complexity index is 780. The lowest BCUT2D eigenvalue weighted by Crippen LogP contribution is -2.46. The number of rotatable bonds is 5. The molecule has 1 aromatic carbocycles. The highest BCUT2D eigenvalue weighted by molar-refractivity contribution is 5.96. The first-order valence-electron chi connectivity index (χ1n) is 9.46. The van der Waals surface area contributed by atoms with Gasteiger partial charge in [0.1, 0.15) is 18.8 Å². The predicted molar refractivity (Wildman–Crippen MR) is 98.5 cm³/mol. The molecule has 1 amide bonds. The number of carbonyl (C=O) groups excluding carboxylic acids is 2. The van der Waals surface area contributed by atoms with E-state index in [-0.39, 0.29) is 36.3 Å². The molecular formula is C19H24N2O7. The highest BCUT2D eigenvalue weighted by atomic mass is 16.6. The van der Waals surface area contributed by atoms with E-state index in [4.69, 9.17) is 14.2 Å². The maximum atomic E-state index is 12.5. The lowest BCUT2D eigenvalue weighted by molar-refractivity contribution is -0.385. The van der Waals surface area contributed by atoms with Gasteiger partial charge in [0, 0.05) is 12.1 Å². The van der Waals surface area contributed by atoms with Gasteiger partial charge in [0.2, 0.25) is 0 Å². The summed E-state index contributed by atoms with van der Waals surface area (Å²) in [7, 11) is 0. The van der Waals surface area contributed by atoms with E-state index < -0.39 is 28.6 Å². The minimum atomic E-state index is -1.07. The van der Waals surface area contributed by atoms with E-state index in [1.54, 1.807) is 0 Å². The number of esters is 1. The Labute approximate surface area is 162 Å². The molecule has 0 saturated heterocycles. The van der Waals surface area contributed by atoms with E-state index in [0.717, 1.165) is 31.7 Å². The average Bonchev–Trinajstić information content (AvgIpc) is 2.68. The van der Waals surface area contributed by atoms with Gasteiger partial charge in [0.15, 0.2) is 17.6 Å². The number of ether oxygens (including phenoxy) is 3. The molecule has 0 spiro atoms. The third kappa shape index (κ3) is 4.35. The molecule has 3 rings (SSSR count). The van der Waals surface area contributed by atoms with Crippen molar-refractivity contribution >= 4 is 17.6 Å². The van der Waals surface area contributed by atoms with Gasteiger partial charge in [-0.2, -0.15) is 0 Å². The monoisotopic (exact) mass is 392 g/mol. The fourth-order valence-corrected chi connectivity index (χ4v) is 3.50. The first-order valence-corrected chi connectivity index (χ1v) is 9.46. The summed E-state index contributed by atoms with van der Waals surface area (Å²) < 4.78 is 15.9. The molecule has 9 heteroatoms. The van der Waals surface area contributed by atoms with Crippen LogP contribution in [0.15, 0.2) is 12.1 Å². The predicted octanol–water partition coefficient (Wildman–Crippen LogP) is 2.61. The van der Waals surface area contributed by atoms with Crippen LogP contribution in [0.1, 0.15) is 49.9 Å². The van der Waals surface area contributed by atoms with Gasteiger partial charge >= 0.3 is 5.97 Å². The molecular weight excluding hydrogens is 368 g/mol. The molecule has 1 N–H and O–H groups in total. The van der Waals surface area contributed by atoms with Crippen LogP contribution in [0.25, 0.3) is 0 Å². The van der Waals surface area contributed by atoms with Crippen molar-refractivity contribution in [3.63, 3.8) is 0 Å². The first kappa shape index (κ1) is 19.9. The number of amides is 1. The highest BCUT2D eigenvalue weighted by Crippen LogP contribution is 2.37. The fraction of sp³-hybridized carbons (Fsp3) is 0.579. The van der Waals surface area contributed by atoms with Crippen LogP contribution < -0.4 is 14.8 Å². The summed E-state index contributed by atoms with van der Waals surface area (Å²) >= 11 is 0. The minimum absolute atomic E-state index is 0.0473. The van der Waals surface area contributed by atoms with Crippen LogP contribution in [0, 0.1) is 16.0 Å². The van der Waals surface area contributed by atoms with Crippen LogP contribution in [-0.2, 0) is 9.53 Å². The summed E-state index contributed by atoms with van der Waals surface area (Å²) in [4.78, 5) is 35.6. The Morgan fingerprint density at radius 1 is 1.21 bits per heavy atom. The number of carbonyl (C=O) groups is 2. The molecule has 1 aromatic rings. The van der Waals surface area contributed by atoms with Crippen LogP contribution in [0.2, 0.25) is 0 Å². The summed E-state index contributed by atoms with van der Waals surface area (Å²) in [6.07, 6.45) is 3.05. The summed E-state index contributed by atoms with van der Waals surface area (Å²) in [5.74, 6) is -0.571. The third-order valence-corrected chi connectivity index (χ3v) is 5.17. The lowest BCUT2D eigenvalue weighted by Gasteiger charge is -2.30. The van der Waals surface area contributed by atoms with Gasteiger partial charge in [-0.25, -0.2) is 4.79 Å². The van der Waals surface area contributed by atoms with Crippen molar-refractivity contribution in [2.24, 2.45) is 5.92 Å². The molecule has 9 nitrogen and oxygen atoms in total. The van der Waals surface area contributed by atoms with E-state index >= 15 is 0 Å². The Hall–Kier alpha value is -2.84. The molecule has 0 aromatic heterocycles. The van der Waals surface area contributed by atoms with E-state index in [9.17, 15) is 19.7 Å². The standard InChI is InChI=1S/C19H24N2O7/c1-11-5-3-4-6-14(11)20-18(22)12(2)28-19(23)13-9-16-17(27-8-7-26-16)10-15(13)21(24)25/h9-12,14H,3-8H2,1-2H3,(H,20,22)/t11-,12+,14-/m0/s1. The molecule has 2 aliphatic rings. The quantitative estimate of drug-likeness (QED) is 0.465. The fourth-order valence-electron chi connectivity index (χ4n) is 3.50. The topological polar surface area (TPSA) is 117 Å². The highest BCUT2D eigenvalue weighted by Gasteiger charge is 2.31. The van der Waals surface area contributed by atoms with Gasteiger partial charge in [-0.15, -0.1) is 0 Å². The summed E-state index contributed by atoms with van der Waals surface area (Å²) in [6, 6.07) is 2.41. The van der Waals surface area contributed by atoms with Gasteiger partial charge in [-0.3, -0.25) is 14.9 Å². The van der Waals surface area contributed by atoms with Gasteiger partial charge in [0.05, 0.1) is 11.0 Å². The van der Waals surface area contributed by atoms with Crippen molar-refractivity contribution in [3.8, 4) is 11.5 Å². The number of nitrogens with one attached hydrogen (secondary N) is 1. The van der Waals surface area contributed by atoms with Crippen molar-refractivity contribution in [2.45, 2.75) is 51.7 Å². The normalized spacial score (nSPS) is 22.1. The molecule has 0 unspecified atom stereocenters. The molecule has 1 aliphatic carbocycles. The average molecular weight is 392 g/mol. The number of nitro groups is 1. The van der Waals surface area contributed by atoms with Gasteiger partial charge in [-0.05, 0) is 25.7 Å². The third-order valence-electron chi connectivity index (χ3n) is 5.17. The molecule has 0 bridgehead atoms. The van der Waals surface area contributed by atoms with E-state index in [2.05, 4.69) is 12.2 Å². The number of nitrogens with zero attached hydrogens (tertiary/aromatic N) is 1. The van der Waals surface area contributed by atoms with Crippen molar-refractivity contribution in [3.05, 3.63) is 27.8 Å². The van der Waals surface area contributed by atoms with Crippen molar-refractivity contribution in [1.82, 2.24) is 5.32 Å². The molecule has 1 fully saturated rings. The van der Waals surface area contributed by atoms with Crippen LogP contribution in [0.3, 0.4) is 0 Å². The van der Waals surface area contributed by atoms with Crippen molar-refractivity contribution < 1.29 is 28.7 Å². The van der Waals surface area contributed by atoms with E-state index in [0.29, 0.717) is 5.92 Å². The molecule has 3 atom stereocenters. The molecule has 28 heavy (non-hydrogen) atoms. The number of benzene rings is 1. The van der Waals surface area contributed by atoms with Crippen LogP contribution in [0.4, 0.5) is 5.69 Å².